The SMILES string of the molecule is CC(C)N(CCO)[C@H](C)c1ccc(F)cc1. The summed E-state index contributed by atoms with van der Waals surface area (Å²) in [6, 6.07) is 7.09. The second-order valence-electron chi connectivity index (χ2n) is 4.28. The minimum atomic E-state index is -0.214. The van der Waals surface area contributed by atoms with E-state index < -0.39 is 0 Å². The minimum Gasteiger partial charge on any atom is -0.395 e. The first kappa shape index (κ1) is 13.1. The lowest BCUT2D eigenvalue weighted by Gasteiger charge is -2.32. The summed E-state index contributed by atoms with van der Waals surface area (Å²) in [5.74, 6) is -0.214. The molecule has 0 aromatic heterocycles. The Morgan fingerprint density at radius 3 is 2.19 bits per heavy atom. The summed E-state index contributed by atoms with van der Waals surface area (Å²) < 4.78 is 12.8. The maximum absolute atomic E-state index is 12.8. The molecule has 1 aromatic carbocycles. The number of rotatable bonds is 5. The molecule has 0 aliphatic rings. The van der Waals surface area contributed by atoms with Crippen molar-refractivity contribution in [2.45, 2.75) is 32.9 Å². The number of hydrogen-bond acceptors (Lipinski definition) is 2. The summed E-state index contributed by atoms with van der Waals surface area (Å²) in [6.07, 6.45) is 0. The Labute approximate surface area is 96.7 Å². The van der Waals surface area contributed by atoms with Crippen molar-refractivity contribution in [1.29, 1.82) is 0 Å². The lowest BCUT2D eigenvalue weighted by molar-refractivity contribution is 0.126. The fraction of sp³-hybridized carbons (Fsp3) is 0.538. The molecule has 0 unspecified atom stereocenters. The third-order valence-corrected chi connectivity index (χ3v) is 2.87. The predicted octanol–water partition coefficient (Wildman–Crippen LogP) is 2.59. The summed E-state index contributed by atoms with van der Waals surface area (Å²) >= 11 is 0. The van der Waals surface area contributed by atoms with Gasteiger partial charge in [-0.1, -0.05) is 12.1 Å². The molecule has 0 bridgehead atoms. The molecule has 0 spiro atoms. The molecule has 1 aromatic rings. The quantitative estimate of drug-likeness (QED) is 0.832. The van der Waals surface area contributed by atoms with Gasteiger partial charge in [0.2, 0.25) is 0 Å². The Morgan fingerprint density at radius 1 is 1.19 bits per heavy atom. The Kier molecular flexibility index (Phi) is 4.90. The van der Waals surface area contributed by atoms with Crippen LogP contribution in [0.4, 0.5) is 4.39 Å². The largest absolute Gasteiger partial charge is 0.395 e. The molecule has 0 saturated carbocycles. The van der Waals surface area contributed by atoms with Crippen LogP contribution in [0.3, 0.4) is 0 Å². The molecule has 3 heteroatoms. The van der Waals surface area contributed by atoms with Gasteiger partial charge in [0, 0.05) is 18.6 Å². The average Bonchev–Trinajstić information content (AvgIpc) is 2.25. The van der Waals surface area contributed by atoms with Crippen LogP contribution in [0.1, 0.15) is 32.4 Å². The number of aliphatic hydroxyl groups is 1. The second-order valence-corrected chi connectivity index (χ2v) is 4.28. The molecule has 16 heavy (non-hydrogen) atoms. The highest BCUT2D eigenvalue weighted by Gasteiger charge is 2.17. The standard InChI is InChI=1S/C13H20FNO/c1-10(2)15(8-9-16)11(3)12-4-6-13(14)7-5-12/h4-7,10-11,16H,8-9H2,1-3H3/t11-/m1/s1. The molecule has 1 atom stereocenters. The average molecular weight is 225 g/mol. The lowest BCUT2D eigenvalue weighted by atomic mass is 10.1. The van der Waals surface area contributed by atoms with Crippen molar-refractivity contribution in [2.24, 2.45) is 0 Å². The fourth-order valence-electron chi connectivity index (χ4n) is 1.95. The zero-order chi connectivity index (χ0) is 12.1. The van der Waals surface area contributed by atoms with Crippen molar-refractivity contribution >= 4 is 0 Å². The molecule has 0 aliphatic carbocycles. The summed E-state index contributed by atoms with van der Waals surface area (Å²) in [5, 5.41) is 9.02. The number of hydrogen-bond donors (Lipinski definition) is 1. The van der Waals surface area contributed by atoms with Crippen molar-refractivity contribution in [2.75, 3.05) is 13.2 Å². The van der Waals surface area contributed by atoms with E-state index in [9.17, 15) is 4.39 Å². The highest BCUT2D eigenvalue weighted by molar-refractivity contribution is 5.19. The van der Waals surface area contributed by atoms with Gasteiger partial charge >= 0.3 is 0 Å². The van der Waals surface area contributed by atoms with Gasteiger partial charge in [0.1, 0.15) is 5.82 Å². The second kappa shape index (κ2) is 5.97. The number of halogens is 1. The summed E-state index contributed by atoms with van der Waals surface area (Å²) in [4.78, 5) is 2.19. The number of nitrogens with zero attached hydrogens (tertiary/aromatic N) is 1. The third kappa shape index (κ3) is 3.29. The topological polar surface area (TPSA) is 23.5 Å². The van der Waals surface area contributed by atoms with E-state index in [1.54, 1.807) is 12.1 Å². The molecule has 0 fully saturated rings. The first-order valence-electron chi connectivity index (χ1n) is 5.68. The van der Waals surface area contributed by atoms with E-state index in [4.69, 9.17) is 5.11 Å². The lowest BCUT2D eigenvalue weighted by Crippen LogP contribution is -2.35. The molecule has 0 saturated heterocycles. The zero-order valence-electron chi connectivity index (χ0n) is 10.2. The van der Waals surface area contributed by atoms with E-state index in [0.29, 0.717) is 12.6 Å². The maximum Gasteiger partial charge on any atom is 0.123 e. The van der Waals surface area contributed by atoms with Crippen molar-refractivity contribution in [1.82, 2.24) is 4.90 Å². The highest BCUT2D eigenvalue weighted by Crippen LogP contribution is 2.22. The van der Waals surface area contributed by atoms with Crippen molar-refractivity contribution in [3.63, 3.8) is 0 Å². The van der Waals surface area contributed by atoms with Crippen LogP contribution in [0.2, 0.25) is 0 Å². The summed E-state index contributed by atoms with van der Waals surface area (Å²) in [5.41, 5.74) is 1.07. The Hall–Kier alpha value is -0.930. The first-order chi connectivity index (χ1) is 7.56. The van der Waals surface area contributed by atoms with E-state index in [0.717, 1.165) is 5.56 Å². The minimum absolute atomic E-state index is 0.143. The number of benzene rings is 1. The van der Waals surface area contributed by atoms with Crippen LogP contribution in [-0.2, 0) is 0 Å². The van der Waals surface area contributed by atoms with Crippen LogP contribution < -0.4 is 0 Å². The van der Waals surface area contributed by atoms with Gasteiger partial charge in [0.05, 0.1) is 6.61 Å². The van der Waals surface area contributed by atoms with Crippen LogP contribution in [0.15, 0.2) is 24.3 Å². The summed E-state index contributed by atoms with van der Waals surface area (Å²) in [6.45, 7) is 7.04. The van der Waals surface area contributed by atoms with Crippen molar-refractivity contribution in [3.05, 3.63) is 35.6 Å². The molecule has 2 nitrogen and oxygen atoms in total. The van der Waals surface area contributed by atoms with Gasteiger partial charge in [-0.25, -0.2) is 4.39 Å². The van der Waals surface area contributed by atoms with Crippen LogP contribution in [-0.4, -0.2) is 29.2 Å². The molecular formula is C13H20FNO. The molecule has 0 heterocycles. The fourth-order valence-corrected chi connectivity index (χ4v) is 1.95. The van der Waals surface area contributed by atoms with Gasteiger partial charge in [0.15, 0.2) is 0 Å². The van der Waals surface area contributed by atoms with Gasteiger partial charge in [0.25, 0.3) is 0 Å². The molecule has 0 radical (unpaired) electrons. The van der Waals surface area contributed by atoms with E-state index in [1.807, 2.05) is 0 Å². The van der Waals surface area contributed by atoms with E-state index >= 15 is 0 Å². The maximum atomic E-state index is 12.8. The molecule has 0 amide bonds. The van der Waals surface area contributed by atoms with Gasteiger partial charge in [-0.2, -0.15) is 0 Å². The molecule has 90 valence electrons. The molecular weight excluding hydrogens is 205 g/mol. The van der Waals surface area contributed by atoms with Crippen LogP contribution >= 0.6 is 0 Å². The normalized spacial score (nSPS) is 13.4. The third-order valence-electron chi connectivity index (χ3n) is 2.87. The van der Waals surface area contributed by atoms with Gasteiger partial charge in [-0.3, -0.25) is 4.90 Å². The highest BCUT2D eigenvalue weighted by atomic mass is 19.1. The van der Waals surface area contributed by atoms with Crippen LogP contribution in [0.5, 0.6) is 0 Å². The Bertz CT molecular complexity index is 310. The molecule has 1 N–H and O–H groups in total. The molecule has 1 rings (SSSR count). The van der Waals surface area contributed by atoms with E-state index in [2.05, 4.69) is 25.7 Å². The smallest absolute Gasteiger partial charge is 0.123 e. The first-order valence-corrected chi connectivity index (χ1v) is 5.68. The van der Waals surface area contributed by atoms with E-state index in [-0.39, 0.29) is 18.5 Å². The van der Waals surface area contributed by atoms with Gasteiger partial charge in [-0.05, 0) is 38.5 Å². The predicted molar refractivity (Wildman–Crippen MR) is 63.7 cm³/mol. The van der Waals surface area contributed by atoms with Gasteiger partial charge < -0.3 is 5.11 Å². The summed E-state index contributed by atoms with van der Waals surface area (Å²) in [7, 11) is 0. The van der Waals surface area contributed by atoms with Crippen LogP contribution in [0.25, 0.3) is 0 Å². The zero-order valence-corrected chi connectivity index (χ0v) is 10.2. The molecule has 0 aliphatic heterocycles. The Morgan fingerprint density at radius 2 is 1.75 bits per heavy atom. The number of aliphatic hydroxyl groups excluding tert-OH is 1. The van der Waals surface area contributed by atoms with Crippen molar-refractivity contribution < 1.29 is 9.50 Å². The van der Waals surface area contributed by atoms with Crippen LogP contribution in [0, 0.1) is 5.82 Å². The van der Waals surface area contributed by atoms with Crippen molar-refractivity contribution in [3.8, 4) is 0 Å². The van der Waals surface area contributed by atoms with Gasteiger partial charge in [-0.15, -0.1) is 0 Å². The Balaban J connectivity index is 2.81. The van der Waals surface area contributed by atoms with E-state index in [1.165, 1.54) is 12.1 Å². The monoisotopic (exact) mass is 225 g/mol.